The fraction of sp³-hybridized carbons (Fsp3) is 0.273. The van der Waals surface area contributed by atoms with Gasteiger partial charge in [0, 0.05) is 17.3 Å². The van der Waals surface area contributed by atoms with Crippen LogP contribution in [-0.2, 0) is 17.9 Å². The van der Waals surface area contributed by atoms with Crippen LogP contribution in [0.15, 0.2) is 47.1 Å². The minimum Gasteiger partial charge on any atom is -0.467 e. The lowest BCUT2D eigenvalue weighted by atomic mass is 10.2. The third-order valence-electron chi connectivity index (χ3n) is 4.87. The van der Waals surface area contributed by atoms with E-state index in [-0.39, 0.29) is 12.5 Å². The van der Waals surface area contributed by atoms with Gasteiger partial charge in [-0.2, -0.15) is 5.26 Å². The number of benzene rings is 1. The van der Waals surface area contributed by atoms with Gasteiger partial charge in [-0.1, -0.05) is 23.7 Å². The van der Waals surface area contributed by atoms with Crippen molar-refractivity contribution in [2.75, 3.05) is 18.9 Å². The average molecular weight is 411 g/mol. The molecular weight excluding hydrogens is 388 g/mol. The lowest BCUT2D eigenvalue weighted by Gasteiger charge is -2.17. The first-order valence-electron chi connectivity index (χ1n) is 9.24. The number of carbonyl (C=O) groups is 1. The molecule has 3 aromatic rings. The number of anilines is 1. The third kappa shape index (κ3) is 4.89. The number of rotatable bonds is 7. The van der Waals surface area contributed by atoms with Crippen LogP contribution in [0.3, 0.4) is 0 Å². The highest BCUT2D eigenvalue weighted by atomic mass is 35.5. The van der Waals surface area contributed by atoms with Crippen LogP contribution in [0.4, 0.5) is 5.82 Å². The highest BCUT2D eigenvalue weighted by molar-refractivity contribution is 6.30. The number of halogens is 1. The largest absolute Gasteiger partial charge is 0.467 e. The van der Waals surface area contributed by atoms with Gasteiger partial charge >= 0.3 is 0 Å². The standard InChI is InChI=1S/C22H23ClN4O2/c1-15-16(2)27(13-19-5-4-10-29-19)22(20(15)11-24)25-21(28)14-26(3)12-17-6-8-18(23)9-7-17/h4-10H,12-14H2,1-3H3,(H,25,28). The Bertz CT molecular complexity index is 1030. The zero-order valence-corrected chi connectivity index (χ0v) is 17.5. The minimum atomic E-state index is -0.184. The summed E-state index contributed by atoms with van der Waals surface area (Å²) in [6.07, 6.45) is 1.61. The Hall–Kier alpha value is -3.01. The summed E-state index contributed by atoms with van der Waals surface area (Å²) in [4.78, 5) is 14.6. The van der Waals surface area contributed by atoms with Crippen molar-refractivity contribution in [2.45, 2.75) is 26.9 Å². The third-order valence-corrected chi connectivity index (χ3v) is 5.12. The Morgan fingerprint density at radius 2 is 2.00 bits per heavy atom. The normalized spacial score (nSPS) is 10.9. The Morgan fingerprint density at radius 3 is 2.62 bits per heavy atom. The predicted molar refractivity (Wildman–Crippen MR) is 113 cm³/mol. The van der Waals surface area contributed by atoms with Crippen molar-refractivity contribution in [3.63, 3.8) is 0 Å². The molecule has 6 nitrogen and oxygen atoms in total. The fourth-order valence-corrected chi connectivity index (χ4v) is 3.39. The number of hydrogen-bond acceptors (Lipinski definition) is 4. The van der Waals surface area contributed by atoms with E-state index in [0.717, 1.165) is 22.6 Å². The maximum Gasteiger partial charge on any atom is 0.239 e. The molecule has 0 aliphatic carbocycles. The lowest BCUT2D eigenvalue weighted by molar-refractivity contribution is -0.117. The summed E-state index contributed by atoms with van der Waals surface area (Å²) in [6.45, 7) is 5.06. The van der Waals surface area contributed by atoms with E-state index >= 15 is 0 Å². The molecule has 0 radical (unpaired) electrons. The Balaban J connectivity index is 1.74. The van der Waals surface area contributed by atoms with E-state index in [4.69, 9.17) is 16.0 Å². The molecule has 2 aromatic heterocycles. The zero-order valence-electron chi connectivity index (χ0n) is 16.7. The zero-order chi connectivity index (χ0) is 21.0. The molecule has 0 aliphatic rings. The molecule has 0 saturated heterocycles. The number of furan rings is 1. The number of carbonyl (C=O) groups excluding carboxylic acids is 1. The maximum absolute atomic E-state index is 12.7. The Labute approximate surface area is 175 Å². The van der Waals surface area contributed by atoms with Crippen molar-refractivity contribution in [3.05, 3.63) is 75.8 Å². The van der Waals surface area contributed by atoms with Gasteiger partial charge < -0.3 is 14.3 Å². The fourth-order valence-electron chi connectivity index (χ4n) is 3.26. The number of nitrogens with one attached hydrogen (secondary N) is 1. The summed E-state index contributed by atoms with van der Waals surface area (Å²) >= 11 is 5.92. The molecule has 29 heavy (non-hydrogen) atoms. The first-order chi connectivity index (χ1) is 13.9. The summed E-state index contributed by atoms with van der Waals surface area (Å²) in [7, 11) is 1.87. The molecule has 1 N–H and O–H groups in total. The van der Waals surface area contributed by atoms with Gasteiger partial charge in [-0.15, -0.1) is 0 Å². The summed E-state index contributed by atoms with van der Waals surface area (Å²) in [5, 5.41) is 13.2. The van der Waals surface area contributed by atoms with Crippen LogP contribution >= 0.6 is 11.6 Å². The van der Waals surface area contributed by atoms with E-state index in [9.17, 15) is 10.1 Å². The molecule has 1 aromatic carbocycles. The maximum atomic E-state index is 12.7. The molecule has 0 fully saturated rings. The van der Waals surface area contributed by atoms with Gasteiger partial charge in [0.15, 0.2) is 0 Å². The van der Waals surface area contributed by atoms with Gasteiger partial charge in [-0.25, -0.2) is 0 Å². The van der Waals surface area contributed by atoms with Gasteiger partial charge in [-0.05, 0) is 56.3 Å². The first-order valence-corrected chi connectivity index (χ1v) is 9.61. The van der Waals surface area contributed by atoms with Crippen molar-refractivity contribution in [1.29, 1.82) is 5.26 Å². The van der Waals surface area contributed by atoms with Crippen molar-refractivity contribution in [3.8, 4) is 6.07 Å². The first kappa shape index (κ1) is 20.7. The molecule has 2 heterocycles. The molecule has 3 rings (SSSR count). The monoisotopic (exact) mass is 410 g/mol. The van der Waals surface area contributed by atoms with Crippen molar-refractivity contribution < 1.29 is 9.21 Å². The smallest absolute Gasteiger partial charge is 0.239 e. The van der Waals surface area contributed by atoms with E-state index in [2.05, 4.69) is 11.4 Å². The van der Waals surface area contributed by atoms with Crippen LogP contribution in [0.2, 0.25) is 5.02 Å². The molecule has 0 saturated carbocycles. The van der Waals surface area contributed by atoms with E-state index < -0.39 is 0 Å². The van der Waals surface area contributed by atoms with Crippen LogP contribution in [0.1, 0.15) is 28.1 Å². The quantitative estimate of drug-likeness (QED) is 0.628. The predicted octanol–water partition coefficient (Wildman–Crippen LogP) is 4.34. The topological polar surface area (TPSA) is 74.2 Å². The van der Waals surface area contributed by atoms with E-state index in [1.807, 2.05) is 66.8 Å². The highest BCUT2D eigenvalue weighted by Crippen LogP contribution is 2.27. The van der Waals surface area contributed by atoms with Crippen molar-refractivity contribution >= 4 is 23.3 Å². The summed E-state index contributed by atoms with van der Waals surface area (Å²) in [5.41, 5.74) is 3.31. The SMILES string of the molecule is Cc1c(C#N)c(NC(=O)CN(C)Cc2ccc(Cl)cc2)n(Cc2ccco2)c1C. The van der Waals surface area contributed by atoms with Crippen LogP contribution in [0, 0.1) is 25.2 Å². The Morgan fingerprint density at radius 1 is 1.28 bits per heavy atom. The van der Waals surface area contributed by atoms with E-state index in [0.29, 0.717) is 29.5 Å². The molecular formula is C22H23ClN4O2. The molecule has 0 atom stereocenters. The molecule has 0 aliphatic heterocycles. The lowest BCUT2D eigenvalue weighted by Crippen LogP contribution is -2.30. The van der Waals surface area contributed by atoms with E-state index in [1.54, 1.807) is 6.26 Å². The molecule has 0 spiro atoms. The second kappa shape index (κ2) is 8.99. The second-order valence-electron chi connectivity index (χ2n) is 7.06. The van der Waals surface area contributed by atoms with Gasteiger partial charge in [0.05, 0.1) is 24.9 Å². The number of nitrogens with zero attached hydrogens (tertiary/aromatic N) is 3. The van der Waals surface area contributed by atoms with Crippen LogP contribution in [-0.4, -0.2) is 29.0 Å². The molecule has 7 heteroatoms. The minimum absolute atomic E-state index is 0.184. The average Bonchev–Trinajstić information content (AvgIpc) is 3.26. The summed E-state index contributed by atoms with van der Waals surface area (Å²) < 4.78 is 7.35. The van der Waals surface area contributed by atoms with Crippen LogP contribution < -0.4 is 5.32 Å². The van der Waals surface area contributed by atoms with Gasteiger partial charge in [0.1, 0.15) is 17.6 Å². The Kier molecular flexibility index (Phi) is 6.42. The summed E-state index contributed by atoms with van der Waals surface area (Å²) in [5.74, 6) is 1.07. The molecule has 0 bridgehead atoms. The number of hydrogen-bond donors (Lipinski definition) is 1. The number of aromatic nitrogens is 1. The number of likely N-dealkylation sites (N-methyl/N-ethyl adjacent to an activating group) is 1. The summed E-state index contributed by atoms with van der Waals surface area (Å²) in [6, 6.07) is 13.4. The highest BCUT2D eigenvalue weighted by Gasteiger charge is 2.20. The number of amides is 1. The van der Waals surface area contributed by atoms with Gasteiger partial charge in [0.2, 0.25) is 5.91 Å². The van der Waals surface area contributed by atoms with E-state index in [1.165, 1.54) is 0 Å². The van der Waals surface area contributed by atoms with Gasteiger partial charge in [-0.3, -0.25) is 9.69 Å². The van der Waals surface area contributed by atoms with Crippen molar-refractivity contribution in [2.24, 2.45) is 0 Å². The molecule has 0 unspecified atom stereocenters. The van der Waals surface area contributed by atoms with Crippen molar-refractivity contribution in [1.82, 2.24) is 9.47 Å². The second-order valence-corrected chi connectivity index (χ2v) is 7.49. The molecule has 1 amide bonds. The van der Waals surface area contributed by atoms with Gasteiger partial charge in [0.25, 0.3) is 0 Å². The number of nitriles is 1. The van der Waals surface area contributed by atoms with Crippen LogP contribution in [0.25, 0.3) is 0 Å². The molecule has 150 valence electrons. The van der Waals surface area contributed by atoms with Crippen LogP contribution in [0.5, 0.6) is 0 Å².